The second kappa shape index (κ2) is 36.6. The van der Waals surface area contributed by atoms with Crippen molar-refractivity contribution >= 4 is 25.3 Å². The summed E-state index contributed by atoms with van der Waals surface area (Å²) in [5.74, 6) is 1.11. The van der Waals surface area contributed by atoms with Crippen LogP contribution in [0.15, 0.2) is 0 Å². The quantitative estimate of drug-likeness (QED) is 0.118. The fourth-order valence-corrected chi connectivity index (χ4v) is 0. The first-order chi connectivity index (χ1) is 6.54. The SMILES string of the molecule is NC(N)CS.NC(N)CS.[C-]#[O+].[C-]#[O+].[Fe]. The van der Waals surface area contributed by atoms with Crippen molar-refractivity contribution in [3.63, 3.8) is 0 Å². The summed E-state index contributed by atoms with van der Waals surface area (Å²) in [5, 5.41) is 0. The van der Waals surface area contributed by atoms with Crippen molar-refractivity contribution in [3.8, 4) is 0 Å². The van der Waals surface area contributed by atoms with Gasteiger partial charge in [0.2, 0.25) is 0 Å². The molecule has 0 aliphatic carbocycles. The second-order valence-electron chi connectivity index (χ2n) is 1.69. The van der Waals surface area contributed by atoms with E-state index < -0.39 is 0 Å². The third kappa shape index (κ3) is 111. The van der Waals surface area contributed by atoms with Crippen LogP contribution in [-0.2, 0) is 26.4 Å². The summed E-state index contributed by atoms with van der Waals surface area (Å²) in [4.78, 5) is 0. The molecule has 0 aromatic carbocycles. The number of thiol groups is 2. The van der Waals surface area contributed by atoms with Crippen LogP contribution in [0.1, 0.15) is 0 Å². The Hall–Kier alpha value is 0.539. The topological polar surface area (TPSA) is 144 Å². The molecule has 0 spiro atoms. The van der Waals surface area contributed by atoms with Gasteiger partial charge >= 0.3 is 22.6 Å². The molecule has 0 amide bonds. The molecule has 0 bridgehead atoms. The summed E-state index contributed by atoms with van der Waals surface area (Å²) in [6.45, 7) is 9.00. The molecule has 0 unspecified atom stereocenters. The Labute approximate surface area is 112 Å². The molecule has 0 aliphatic rings. The summed E-state index contributed by atoms with van der Waals surface area (Å²) in [5.41, 5.74) is 20.0. The Morgan fingerprint density at radius 2 is 0.867 bits per heavy atom. The Bertz CT molecular complexity index is 110. The van der Waals surface area contributed by atoms with E-state index in [4.69, 9.17) is 32.2 Å². The number of rotatable bonds is 2. The fourth-order valence-electron chi connectivity index (χ4n) is 0. The standard InChI is InChI=1S/2C2H8N2S.2CO.Fe/c2*3-2(4)1-5;2*1-2;/h2*2,5H,1,3-4H2;;;. The third-order valence-corrected chi connectivity index (χ3v) is 1.26. The zero-order valence-electron chi connectivity index (χ0n) is 7.94. The smallest absolute Gasteiger partial charge is 0 e. The molecule has 9 heteroatoms. The average molecular weight is 296 g/mol. The molecular formula is C6H16FeN4O2S2. The molecule has 0 rings (SSSR count). The van der Waals surface area contributed by atoms with Crippen molar-refractivity contribution in [1.29, 1.82) is 0 Å². The first-order valence-electron chi connectivity index (χ1n) is 3.19. The van der Waals surface area contributed by atoms with E-state index in [2.05, 4.69) is 38.6 Å². The molecule has 0 aliphatic heterocycles. The van der Waals surface area contributed by atoms with E-state index in [0.29, 0.717) is 11.5 Å². The van der Waals surface area contributed by atoms with E-state index in [1.807, 2.05) is 0 Å². The monoisotopic (exact) mass is 296 g/mol. The van der Waals surface area contributed by atoms with Crippen molar-refractivity contribution in [3.05, 3.63) is 13.3 Å². The first-order valence-corrected chi connectivity index (χ1v) is 4.46. The molecule has 92 valence electrons. The maximum atomic E-state index is 7.50. The van der Waals surface area contributed by atoms with Gasteiger partial charge in [-0.25, -0.2) is 0 Å². The predicted molar refractivity (Wildman–Crippen MR) is 59.9 cm³/mol. The van der Waals surface area contributed by atoms with Crippen LogP contribution < -0.4 is 22.9 Å². The van der Waals surface area contributed by atoms with E-state index in [-0.39, 0.29) is 29.4 Å². The van der Waals surface area contributed by atoms with Crippen LogP contribution in [0.2, 0.25) is 0 Å². The molecule has 8 N–H and O–H groups in total. The van der Waals surface area contributed by atoms with Gasteiger partial charge in [-0.2, -0.15) is 25.3 Å². The average Bonchev–Trinajstić information content (AvgIpc) is 2.24. The van der Waals surface area contributed by atoms with Crippen LogP contribution in [0.4, 0.5) is 0 Å². The van der Waals surface area contributed by atoms with Crippen LogP contribution >= 0.6 is 25.3 Å². The molecule has 0 radical (unpaired) electrons. The van der Waals surface area contributed by atoms with Crippen molar-refractivity contribution in [2.45, 2.75) is 12.3 Å². The fraction of sp³-hybridized carbons (Fsp3) is 0.667. The minimum absolute atomic E-state index is 0. The van der Waals surface area contributed by atoms with E-state index >= 15 is 0 Å². The maximum absolute atomic E-state index is 7.50. The Morgan fingerprint density at radius 1 is 0.800 bits per heavy atom. The van der Waals surface area contributed by atoms with Gasteiger partial charge in [0.05, 0.1) is 12.3 Å². The van der Waals surface area contributed by atoms with Gasteiger partial charge in [-0.15, -0.1) is 0 Å². The van der Waals surface area contributed by atoms with Crippen LogP contribution in [0, 0.1) is 13.3 Å². The van der Waals surface area contributed by atoms with Gasteiger partial charge in [-0.05, 0) is 0 Å². The molecule has 15 heavy (non-hydrogen) atoms. The summed E-state index contributed by atoms with van der Waals surface area (Å²) in [6, 6.07) is 0. The van der Waals surface area contributed by atoms with E-state index in [0.717, 1.165) is 0 Å². The van der Waals surface area contributed by atoms with Gasteiger partial charge < -0.3 is 22.9 Å². The number of hydrogen-bond acceptors (Lipinski definition) is 6. The van der Waals surface area contributed by atoms with Gasteiger partial charge in [-0.3, -0.25) is 0 Å². The maximum Gasteiger partial charge on any atom is 0 e. The molecule has 0 aromatic heterocycles. The largest absolute Gasteiger partial charge is 0 e. The molecule has 0 saturated heterocycles. The molecule has 0 aromatic rings. The van der Waals surface area contributed by atoms with Crippen LogP contribution in [-0.4, -0.2) is 23.8 Å². The summed E-state index contributed by atoms with van der Waals surface area (Å²) in [7, 11) is 0. The second-order valence-corrected chi connectivity index (χ2v) is 2.42. The predicted octanol–water partition coefficient (Wildman–Crippen LogP) is -1.76. The molecule has 0 atom stereocenters. The van der Waals surface area contributed by atoms with Gasteiger partial charge in [0, 0.05) is 28.6 Å². The zero-order valence-corrected chi connectivity index (χ0v) is 10.8. The van der Waals surface area contributed by atoms with E-state index in [9.17, 15) is 0 Å². The number of nitrogens with two attached hydrogens (primary N) is 4. The Balaban J connectivity index is -0.0000000318. The van der Waals surface area contributed by atoms with Crippen LogP contribution in [0.3, 0.4) is 0 Å². The van der Waals surface area contributed by atoms with Gasteiger partial charge in [0.1, 0.15) is 0 Å². The van der Waals surface area contributed by atoms with Crippen LogP contribution in [0.5, 0.6) is 0 Å². The van der Waals surface area contributed by atoms with Gasteiger partial charge in [0.25, 0.3) is 0 Å². The first kappa shape index (κ1) is 29.6. The minimum Gasteiger partial charge on any atom is 0 e. The molecular weight excluding hydrogens is 280 g/mol. The van der Waals surface area contributed by atoms with E-state index in [1.165, 1.54) is 0 Å². The summed E-state index contributed by atoms with van der Waals surface area (Å²) >= 11 is 7.53. The van der Waals surface area contributed by atoms with Crippen molar-refractivity contribution in [2.24, 2.45) is 22.9 Å². The van der Waals surface area contributed by atoms with Gasteiger partial charge in [-0.1, -0.05) is 0 Å². The third-order valence-electron chi connectivity index (χ3n) is 0.422. The van der Waals surface area contributed by atoms with Gasteiger partial charge in [0.15, 0.2) is 0 Å². The molecule has 0 saturated carbocycles. The molecule has 6 nitrogen and oxygen atoms in total. The normalized spacial score (nSPS) is 6.67. The summed E-state index contributed by atoms with van der Waals surface area (Å²) in [6.07, 6.45) is -0.503. The van der Waals surface area contributed by atoms with Crippen molar-refractivity contribution < 1.29 is 26.4 Å². The molecule has 0 fully saturated rings. The van der Waals surface area contributed by atoms with E-state index in [1.54, 1.807) is 0 Å². The van der Waals surface area contributed by atoms with Crippen LogP contribution in [0.25, 0.3) is 0 Å². The minimum atomic E-state index is -0.252. The Morgan fingerprint density at radius 3 is 0.867 bits per heavy atom. The van der Waals surface area contributed by atoms with Crippen molar-refractivity contribution in [2.75, 3.05) is 11.5 Å². The Kier molecular flexibility index (Phi) is 72.1. The summed E-state index contributed by atoms with van der Waals surface area (Å²) < 4.78 is 15.0. The zero-order chi connectivity index (χ0) is 12.6. The molecule has 0 heterocycles. The number of hydrogen-bond donors (Lipinski definition) is 6. The van der Waals surface area contributed by atoms with Crippen molar-refractivity contribution in [1.82, 2.24) is 0 Å².